The molecule has 1 fully saturated rings. The molecule has 0 spiro atoms. The monoisotopic (exact) mass is 447 g/mol. The van der Waals surface area contributed by atoms with Gasteiger partial charge in [0.05, 0.1) is 17.8 Å². The van der Waals surface area contributed by atoms with Crippen LogP contribution in [0.2, 0.25) is 0 Å². The van der Waals surface area contributed by atoms with Gasteiger partial charge >= 0.3 is 0 Å². The summed E-state index contributed by atoms with van der Waals surface area (Å²) in [4.78, 5) is 37.8. The second kappa shape index (κ2) is 7.93. The maximum Gasteiger partial charge on any atom is 0.242 e. The minimum atomic E-state index is -1.20. The number of anilines is 2. The van der Waals surface area contributed by atoms with E-state index in [4.69, 9.17) is 4.74 Å². The summed E-state index contributed by atoms with van der Waals surface area (Å²) in [5.74, 6) is -0.418. The summed E-state index contributed by atoms with van der Waals surface area (Å²) >= 11 is 0. The number of rotatable bonds is 6. The smallest absolute Gasteiger partial charge is 0.242 e. The van der Waals surface area contributed by atoms with Crippen molar-refractivity contribution in [1.29, 1.82) is 0 Å². The van der Waals surface area contributed by atoms with Crippen LogP contribution in [0, 0.1) is 18.2 Å². The molecular formula is C22H18FN7O3. The Bertz CT molecular complexity index is 1350. The van der Waals surface area contributed by atoms with E-state index in [9.17, 15) is 14.0 Å². The minimum Gasteiger partial charge on any atom is -0.453 e. The number of ether oxygens (including phenoxy) is 1. The molecule has 3 aromatic heterocycles. The number of benzene rings is 1. The third-order valence-electron chi connectivity index (χ3n) is 5.40. The zero-order valence-electron chi connectivity index (χ0n) is 17.4. The quantitative estimate of drug-likeness (QED) is 0.386. The Morgan fingerprint density at radius 2 is 1.73 bits per heavy atom. The lowest BCUT2D eigenvalue weighted by atomic mass is 10.1. The van der Waals surface area contributed by atoms with Crippen molar-refractivity contribution < 1.29 is 18.7 Å². The normalized spacial score (nSPS) is 14.0. The van der Waals surface area contributed by atoms with E-state index in [1.165, 1.54) is 36.7 Å². The van der Waals surface area contributed by atoms with Gasteiger partial charge in [0.15, 0.2) is 11.4 Å². The molecule has 0 unspecified atom stereocenters. The average molecular weight is 447 g/mol. The van der Waals surface area contributed by atoms with Crippen molar-refractivity contribution in [3.63, 3.8) is 0 Å². The van der Waals surface area contributed by atoms with Crippen molar-refractivity contribution in [3.8, 4) is 11.5 Å². The molecule has 0 bridgehead atoms. The zero-order chi connectivity index (χ0) is 23.0. The molecule has 1 aromatic carbocycles. The Kier molecular flexibility index (Phi) is 4.93. The van der Waals surface area contributed by atoms with Crippen LogP contribution in [-0.4, -0.2) is 37.0 Å². The highest BCUT2D eigenvalue weighted by Crippen LogP contribution is 2.47. The average Bonchev–Trinajstić information content (AvgIpc) is 3.55. The fourth-order valence-corrected chi connectivity index (χ4v) is 3.40. The first-order valence-corrected chi connectivity index (χ1v) is 10.1. The number of hydrogen-bond donors (Lipinski definition) is 3. The largest absolute Gasteiger partial charge is 0.453 e. The van der Waals surface area contributed by atoms with E-state index in [1.54, 1.807) is 12.3 Å². The van der Waals surface area contributed by atoms with Crippen molar-refractivity contribution in [2.24, 2.45) is 5.41 Å². The molecule has 1 saturated carbocycles. The number of nitrogens with zero attached hydrogens (tertiary/aromatic N) is 4. The molecule has 3 N–H and O–H groups in total. The molecular weight excluding hydrogens is 429 g/mol. The van der Waals surface area contributed by atoms with Gasteiger partial charge in [-0.25, -0.2) is 19.3 Å². The number of pyridine rings is 1. The topological polar surface area (TPSA) is 135 Å². The number of carbonyl (C=O) groups is 2. The summed E-state index contributed by atoms with van der Waals surface area (Å²) < 4.78 is 18.9. The molecule has 1 aliphatic rings. The number of hydrogen-bond acceptors (Lipinski definition) is 7. The van der Waals surface area contributed by atoms with Gasteiger partial charge in [-0.15, -0.1) is 0 Å². The van der Waals surface area contributed by atoms with Crippen LogP contribution >= 0.6 is 0 Å². The first-order valence-electron chi connectivity index (χ1n) is 10.1. The van der Waals surface area contributed by atoms with Gasteiger partial charge in [-0.2, -0.15) is 5.10 Å². The highest BCUT2D eigenvalue weighted by molar-refractivity contribution is 6.16. The Balaban J connectivity index is 1.25. The van der Waals surface area contributed by atoms with Crippen LogP contribution in [0.4, 0.5) is 16.0 Å². The summed E-state index contributed by atoms with van der Waals surface area (Å²) in [6.45, 7) is 1.86. The summed E-state index contributed by atoms with van der Waals surface area (Å²) in [6.07, 6.45) is 5.22. The van der Waals surface area contributed by atoms with Gasteiger partial charge in [0.25, 0.3) is 0 Å². The SMILES string of the molecule is Cc1[nH]nc2nccc(Oc3cnc(NC(=O)C4(C(=O)Nc5ccc(F)cc5)CC4)nc3)c12. The summed E-state index contributed by atoms with van der Waals surface area (Å²) in [6, 6.07) is 7.04. The van der Waals surface area contributed by atoms with Crippen LogP contribution in [0.1, 0.15) is 18.5 Å². The number of nitrogens with one attached hydrogen (secondary N) is 3. The van der Waals surface area contributed by atoms with Crippen LogP contribution in [0.3, 0.4) is 0 Å². The number of aromatic nitrogens is 5. The maximum atomic E-state index is 13.1. The molecule has 4 aromatic rings. The number of fused-ring (bicyclic) bond motifs is 1. The number of carbonyl (C=O) groups excluding carboxylic acids is 2. The first-order chi connectivity index (χ1) is 15.9. The van der Waals surface area contributed by atoms with Gasteiger partial charge in [0, 0.05) is 17.6 Å². The van der Waals surface area contributed by atoms with Crippen molar-refractivity contribution in [1.82, 2.24) is 25.1 Å². The Hall–Kier alpha value is -4.41. The predicted molar refractivity (Wildman–Crippen MR) is 116 cm³/mol. The molecule has 2 amide bonds. The van der Waals surface area contributed by atoms with E-state index in [0.717, 1.165) is 11.1 Å². The van der Waals surface area contributed by atoms with Gasteiger partial charge in [-0.05, 0) is 50.1 Å². The van der Waals surface area contributed by atoms with E-state index in [1.807, 2.05) is 6.92 Å². The van der Waals surface area contributed by atoms with Gasteiger partial charge in [-0.3, -0.25) is 20.0 Å². The fraction of sp³-hybridized carbons (Fsp3) is 0.182. The van der Waals surface area contributed by atoms with Crippen molar-refractivity contribution in [2.75, 3.05) is 10.6 Å². The second-order valence-corrected chi connectivity index (χ2v) is 7.70. The number of aryl methyl sites for hydroxylation is 1. The summed E-state index contributed by atoms with van der Waals surface area (Å²) in [7, 11) is 0. The number of aromatic amines is 1. The molecule has 0 atom stereocenters. The fourth-order valence-electron chi connectivity index (χ4n) is 3.40. The zero-order valence-corrected chi connectivity index (χ0v) is 17.4. The Morgan fingerprint density at radius 1 is 1.03 bits per heavy atom. The second-order valence-electron chi connectivity index (χ2n) is 7.70. The highest BCUT2D eigenvalue weighted by atomic mass is 19.1. The lowest BCUT2D eigenvalue weighted by molar-refractivity contribution is -0.131. The number of halogens is 1. The standard InChI is InChI=1S/C22H18FN7O3/c1-12-17-16(6-9-24-18(17)30-29-12)33-15-10-25-21(26-11-15)28-20(32)22(7-8-22)19(31)27-14-4-2-13(23)3-5-14/h2-6,9-11H,7-8H2,1H3,(H,27,31)(H,24,29,30)(H,25,26,28,32). The highest BCUT2D eigenvalue weighted by Gasteiger charge is 2.56. The van der Waals surface area contributed by atoms with Crippen molar-refractivity contribution >= 4 is 34.5 Å². The van der Waals surface area contributed by atoms with Crippen LogP contribution < -0.4 is 15.4 Å². The van der Waals surface area contributed by atoms with Crippen LogP contribution in [0.25, 0.3) is 11.0 Å². The maximum absolute atomic E-state index is 13.1. The first kappa shape index (κ1) is 20.5. The summed E-state index contributed by atoms with van der Waals surface area (Å²) in [5, 5.41) is 12.9. The predicted octanol–water partition coefficient (Wildman–Crippen LogP) is 3.35. The minimum absolute atomic E-state index is 0.0487. The van der Waals surface area contributed by atoms with Gasteiger partial charge in [0.1, 0.15) is 17.0 Å². The molecule has 0 radical (unpaired) electrons. The molecule has 33 heavy (non-hydrogen) atoms. The van der Waals surface area contributed by atoms with Gasteiger partial charge < -0.3 is 10.1 Å². The number of H-pyrrole nitrogens is 1. The van der Waals surface area contributed by atoms with Crippen molar-refractivity contribution in [2.45, 2.75) is 19.8 Å². The Labute approximate surface area is 186 Å². The van der Waals surface area contributed by atoms with Crippen molar-refractivity contribution in [3.05, 3.63) is 60.4 Å². The van der Waals surface area contributed by atoms with Crippen LogP contribution in [0.15, 0.2) is 48.9 Å². The van der Waals surface area contributed by atoms with E-state index in [-0.39, 0.29) is 5.95 Å². The van der Waals surface area contributed by atoms with E-state index in [0.29, 0.717) is 35.7 Å². The molecule has 5 rings (SSSR count). The molecule has 0 saturated heterocycles. The molecule has 3 heterocycles. The third kappa shape index (κ3) is 3.95. The van der Waals surface area contributed by atoms with Gasteiger partial charge in [-0.1, -0.05) is 0 Å². The van der Waals surface area contributed by atoms with E-state index in [2.05, 4.69) is 35.8 Å². The van der Waals surface area contributed by atoms with E-state index < -0.39 is 23.0 Å². The molecule has 11 heteroatoms. The number of amides is 2. The van der Waals surface area contributed by atoms with Crippen LogP contribution in [-0.2, 0) is 9.59 Å². The molecule has 166 valence electrons. The lowest BCUT2D eigenvalue weighted by Gasteiger charge is -2.15. The Morgan fingerprint density at radius 3 is 2.42 bits per heavy atom. The van der Waals surface area contributed by atoms with E-state index >= 15 is 0 Å². The third-order valence-corrected chi connectivity index (χ3v) is 5.40. The summed E-state index contributed by atoms with van der Waals surface area (Å²) in [5.41, 5.74) is 0.556. The molecule has 10 nitrogen and oxygen atoms in total. The van der Waals surface area contributed by atoms with Crippen LogP contribution in [0.5, 0.6) is 11.5 Å². The molecule has 0 aliphatic heterocycles. The van der Waals surface area contributed by atoms with Gasteiger partial charge in [0.2, 0.25) is 17.8 Å². The molecule has 1 aliphatic carbocycles. The lowest BCUT2D eigenvalue weighted by Crippen LogP contribution is -2.36.